The number of allylic oxidation sites excluding steroid dienone is 2. The van der Waals surface area contributed by atoms with Gasteiger partial charge in [-0.2, -0.15) is 0 Å². The molecule has 216 valence electrons. The highest BCUT2D eigenvalue weighted by atomic mass is 19.1. The van der Waals surface area contributed by atoms with Crippen LogP contribution in [0.1, 0.15) is 84.6 Å². The first-order chi connectivity index (χ1) is 19.2. The van der Waals surface area contributed by atoms with Crippen LogP contribution in [0.3, 0.4) is 0 Å². The molecule has 0 radical (unpaired) electrons. The zero-order valence-electron chi connectivity index (χ0n) is 26.3. The standard InChI is InChI=1S/C24H29N3.C8H9F.2C2H6/c1-7-25-16-15-23(20-11-13-22(14-12-20)26-18(2)3)27-24(5,6)21-10-8-9-19(4)17-21;1-2-7-5-3-4-6-8(7)9;2*1-2/h7-17,26H,2H2,1,3-6H3;3-6H,2H2,1H3;2*1-2H3/b16-15-,25-7?,27-23?;;;. The van der Waals surface area contributed by atoms with Crippen LogP contribution in [0.5, 0.6) is 0 Å². The summed E-state index contributed by atoms with van der Waals surface area (Å²) in [6.07, 6.45) is 6.27. The van der Waals surface area contributed by atoms with Crippen molar-refractivity contribution in [3.05, 3.63) is 125 Å². The van der Waals surface area contributed by atoms with Crippen LogP contribution in [0.2, 0.25) is 0 Å². The van der Waals surface area contributed by atoms with E-state index in [-0.39, 0.29) is 11.4 Å². The summed E-state index contributed by atoms with van der Waals surface area (Å²) >= 11 is 0. The number of nitrogens with zero attached hydrogens (tertiary/aromatic N) is 2. The third-order valence-electron chi connectivity index (χ3n) is 5.47. The minimum atomic E-state index is -0.351. The molecule has 0 saturated carbocycles. The third-order valence-corrected chi connectivity index (χ3v) is 5.47. The van der Waals surface area contributed by atoms with Gasteiger partial charge in [0, 0.05) is 23.8 Å². The number of nitrogens with one attached hydrogen (secondary N) is 1. The van der Waals surface area contributed by atoms with Crippen LogP contribution in [0, 0.1) is 12.7 Å². The van der Waals surface area contributed by atoms with Gasteiger partial charge in [-0.25, -0.2) is 4.39 Å². The minimum Gasteiger partial charge on any atom is -0.360 e. The van der Waals surface area contributed by atoms with Crippen LogP contribution in [-0.2, 0) is 12.0 Å². The van der Waals surface area contributed by atoms with Gasteiger partial charge in [-0.1, -0.05) is 101 Å². The van der Waals surface area contributed by atoms with Gasteiger partial charge < -0.3 is 5.32 Å². The minimum absolute atomic E-state index is 0.0972. The Hall–Kier alpha value is -3.79. The van der Waals surface area contributed by atoms with Gasteiger partial charge in [-0.15, -0.1) is 0 Å². The van der Waals surface area contributed by atoms with Gasteiger partial charge in [0.15, 0.2) is 0 Å². The molecule has 0 bridgehead atoms. The second kappa shape index (κ2) is 20.2. The average Bonchev–Trinajstić information content (AvgIpc) is 2.95. The zero-order chi connectivity index (χ0) is 30.6. The Labute approximate surface area is 243 Å². The summed E-state index contributed by atoms with van der Waals surface area (Å²) < 4.78 is 12.6. The van der Waals surface area contributed by atoms with Gasteiger partial charge in [0.2, 0.25) is 0 Å². The molecular formula is C36H50FN3. The summed E-state index contributed by atoms with van der Waals surface area (Å²) in [6.45, 7) is 24.0. The number of aryl methyl sites for hydroxylation is 2. The monoisotopic (exact) mass is 543 g/mol. The van der Waals surface area contributed by atoms with Gasteiger partial charge in [-0.3, -0.25) is 9.98 Å². The number of hydrogen-bond donors (Lipinski definition) is 1. The van der Waals surface area contributed by atoms with E-state index < -0.39 is 0 Å². The van der Waals surface area contributed by atoms with Gasteiger partial charge >= 0.3 is 0 Å². The van der Waals surface area contributed by atoms with Crippen molar-refractivity contribution in [3.63, 3.8) is 0 Å². The summed E-state index contributed by atoms with van der Waals surface area (Å²) in [4.78, 5) is 9.27. The molecule has 0 amide bonds. The van der Waals surface area contributed by atoms with E-state index in [0.29, 0.717) is 0 Å². The molecule has 3 nitrogen and oxygen atoms in total. The molecule has 0 heterocycles. The van der Waals surface area contributed by atoms with E-state index in [0.717, 1.165) is 34.6 Å². The van der Waals surface area contributed by atoms with Crippen LogP contribution in [0.25, 0.3) is 0 Å². The first-order valence-corrected chi connectivity index (χ1v) is 14.2. The fourth-order valence-corrected chi connectivity index (χ4v) is 3.54. The fraction of sp³-hybridized carbons (Fsp3) is 0.333. The molecule has 0 aliphatic heterocycles. The Morgan fingerprint density at radius 3 is 2.08 bits per heavy atom. The van der Waals surface area contributed by atoms with Crippen LogP contribution in [0.15, 0.2) is 107 Å². The quantitative estimate of drug-likeness (QED) is 0.282. The van der Waals surface area contributed by atoms with Gasteiger partial charge in [-0.05, 0) is 82.0 Å². The van der Waals surface area contributed by atoms with E-state index in [1.54, 1.807) is 24.5 Å². The molecule has 0 fully saturated rings. The third kappa shape index (κ3) is 13.3. The Morgan fingerprint density at radius 1 is 0.950 bits per heavy atom. The molecule has 3 aromatic rings. The maximum atomic E-state index is 12.6. The van der Waals surface area contributed by atoms with Crippen molar-refractivity contribution in [2.24, 2.45) is 9.98 Å². The van der Waals surface area contributed by atoms with E-state index >= 15 is 0 Å². The predicted molar refractivity (Wildman–Crippen MR) is 177 cm³/mol. The van der Waals surface area contributed by atoms with Crippen LogP contribution in [0.4, 0.5) is 10.1 Å². The van der Waals surface area contributed by atoms with Crippen molar-refractivity contribution in [2.75, 3.05) is 5.32 Å². The van der Waals surface area contributed by atoms with E-state index in [4.69, 9.17) is 4.99 Å². The van der Waals surface area contributed by atoms with Crippen LogP contribution < -0.4 is 5.32 Å². The van der Waals surface area contributed by atoms with Crippen LogP contribution in [-0.4, -0.2) is 11.9 Å². The van der Waals surface area contributed by atoms with E-state index in [9.17, 15) is 4.39 Å². The lowest BCUT2D eigenvalue weighted by Crippen LogP contribution is -2.17. The highest BCUT2D eigenvalue weighted by Gasteiger charge is 2.20. The van der Waals surface area contributed by atoms with E-state index in [2.05, 4.69) is 74.1 Å². The number of benzene rings is 3. The Bertz CT molecular complexity index is 1220. The summed E-state index contributed by atoms with van der Waals surface area (Å²) in [7, 11) is 0. The molecule has 4 heteroatoms. The van der Waals surface area contributed by atoms with Crippen LogP contribution >= 0.6 is 0 Å². The maximum Gasteiger partial charge on any atom is 0.126 e. The Balaban J connectivity index is 0.000000974. The number of rotatable bonds is 8. The molecule has 0 saturated heterocycles. The highest BCUT2D eigenvalue weighted by Crippen LogP contribution is 2.27. The number of halogens is 1. The summed E-state index contributed by atoms with van der Waals surface area (Å²) in [6, 6.07) is 23.5. The molecule has 0 atom stereocenters. The maximum absolute atomic E-state index is 12.6. The molecule has 0 aliphatic carbocycles. The van der Waals surface area contributed by atoms with Crippen molar-refractivity contribution in [1.29, 1.82) is 0 Å². The Kier molecular flexibility index (Phi) is 18.3. The largest absolute Gasteiger partial charge is 0.360 e. The molecule has 1 N–H and O–H groups in total. The lowest BCUT2D eigenvalue weighted by Gasteiger charge is -2.22. The molecule has 0 aliphatic rings. The number of hydrogen-bond acceptors (Lipinski definition) is 3. The fourth-order valence-electron chi connectivity index (χ4n) is 3.54. The molecule has 3 rings (SSSR count). The average molecular weight is 544 g/mol. The second-order valence-electron chi connectivity index (χ2n) is 9.08. The van der Waals surface area contributed by atoms with Crippen molar-refractivity contribution in [3.8, 4) is 0 Å². The lowest BCUT2D eigenvalue weighted by molar-refractivity contribution is 0.559. The number of aliphatic imine (C=N–C) groups is 2. The summed E-state index contributed by atoms with van der Waals surface area (Å²) in [5, 5.41) is 3.23. The van der Waals surface area contributed by atoms with Crippen molar-refractivity contribution < 1.29 is 4.39 Å². The molecule has 40 heavy (non-hydrogen) atoms. The van der Waals surface area contributed by atoms with Gasteiger partial charge in [0.25, 0.3) is 0 Å². The van der Waals surface area contributed by atoms with Gasteiger partial charge in [0.05, 0.1) is 11.3 Å². The van der Waals surface area contributed by atoms with Crippen molar-refractivity contribution in [2.45, 2.75) is 81.2 Å². The Morgan fingerprint density at radius 2 is 1.57 bits per heavy atom. The smallest absolute Gasteiger partial charge is 0.126 e. The topological polar surface area (TPSA) is 36.8 Å². The zero-order valence-corrected chi connectivity index (χ0v) is 26.3. The highest BCUT2D eigenvalue weighted by molar-refractivity contribution is 6.09. The first kappa shape index (κ1) is 36.2. The molecule has 0 spiro atoms. The molecule has 0 aromatic heterocycles. The van der Waals surface area contributed by atoms with Crippen molar-refractivity contribution >= 4 is 17.6 Å². The predicted octanol–water partition coefficient (Wildman–Crippen LogP) is 10.7. The van der Waals surface area contributed by atoms with E-state index in [1.807, 2.05) is 72.7 Å². The SMILES string of the molecule is C=C(C)Nc1ccc(C(/C=C\N=CC)=NC(C)(C)c2cccc(C)c2)cc1.CC.CC.CCc1ccccc1F. The number of anilines is 1. The molecule has 3 aromatic carbocycles. The van der Waals surface area contributed by atoms with E-state index in [1.165, 1.54) is 17.2 Å². The first-order valence-electron chi connectivity index (χ1n) is 14.2. The summed E-state index contributed by atoms with van der Waals surface area (Å²) in [5.74, 6) is -0.0972. The second-order valence-corrected chi connectivity index (χ2v) is 9.08. The molecule has 0 unspecified atom stereocenters. The normalized spacial score (nSPS) is 11.0. The van der Waals surface area contributed by atoms with Crippen molar-refractivity contribution in [1.82, 2.24) is 0 Å². The lowest BCUT2D eigenvalue weighted by atomic mass is 9.93. The van der Waals surface area contributed by atoms with Gasteiger partial charge in [0.1, 0.15) is 5.82 Å². The summed E-state index contributed by atoms with van der Waals surface area (Å²) in [5.41, 5.74) is 6.73. The molecular weight excluding hydrogens is 493 g/mol.